The first kappa shape index (κ1) is 33.2. The average Bonchev–Trinajstić information content (AvgIpc) is 3.46. The molecule has 2 amide bonds. The van der Waals surface area contributed by atoms with Gasteiger partial charge < -0.3 is 28.8 Å². The van der Waals surface area contributed by atoms with E-state index >= 15 is 0 Å². The first-order valence-corrected chi connectivity index (χ1v) is 15.9. The number of aromatic nitrogens is 1. The maximum atomic E-state index is 13.9. The highest BCUT2D eigenvalue weighted by molar-refractivity contribution is 6.06. The van der Waals surface area contributed by atoms with Gasteiger partial charge in [0.2, 0.25) is 5.75 Å². The van der Waals surface area contributed by atoms with Crippen LogP contribution in [0, 0.1) is 12.8 Å². The Morgan fingerprint density at radius 1 is 1.00 bits per heavy atom. The maximum absolute atomic E-state index is 13.9. The Kier molecular flexibility index (Phi) is 9.88. The number of nitrogens with one attached hydrogen (secondary N) is 1. The number of benzene rings is 1. The Hall–Kier alpha value is -4.15. The zero-order valence-electron chi connectivity index (χ0n) is 28.6. The van der Waals surface area contributed by atoms with E-state index in [1.807, 2.05) is 45.0 Å². The third kappa shape index (κ3) is 6.41. The number of allylic oxidation sites excluding steroid dienone is 1. The van der Waals surface area contributed by atoms with Crippen molar-refractivity contribution in [3.63, 3.8) is 0 Å². The lowest BCUT2D eigenvalue weighted by Gasteiger charge is -2.39. The molecule has 1 N–H and O–H groups in total. The zero-order valence-corrected chi connectivity index (χ0v) is 28.6. The van der Waals surface area contributed by atoms with Crippen molar-refractivity contribution in [1.29, 1.82) is 0 Å². The molecule has 2 unspecified atom stereocenters. The van der Waals surface area contributed by atoms with Gasteiger partial charge in [-0.25, -0.2) is 4.99 Å². The summed E-state index contributed by atoms with van der Waals surface area (Å²) in [5, 5.41) is 3.05. The molecule has 246 valence electrons. The van der Waals surface area contributed by atoms with Gasteiger partial charge in [0.05, 0.1) is 27.2 Å². The van der Waals surface area contributed by atoms with Crippen LogP contribution in [0.15, 0.2) is 47.1 Å². The van der Waals surface area contributed by atoms with E-state index < -0.39 is 5.92 Å². The first-order chi connectivity index (χ1) is 22.0. The molecule has 0 aliphatic carbocycles. The van der Waals surface area contributed by atoms with Crippen LogP contribution in [-0.4, -0.2) is 92.8 Å². The highest BCUT2D eigenvalue weighted by Crippen LogP contribution is 2.42. The van der Waals surface area contributed by atoms with E-state index in [0.717, 1.165) is 59.4 Å². The number of dihydropyridines is 1. The Bertz CT molecular complexity index is 1670. The molecule has 10 heteroatoms. The number of hydrogen-bond donors (Lipinski definition) is 1. The minimum atomic E-state index is -0.465. The number of pyridine rings is 1. The molecule has 2 aliphatic heterocycles. The monoisotopic (exact) mass is 629 g/mol. The molecule has 2 atom stereocenters. The number of ether oxygens (including phenoxy) is 3. The van der Waals surface area contributed by atoms with Crippen LogP contribution in [0.4, 0.5) is 0 Å². The number of fused-ring (bicyclic) bond motifs is 1. The Morgan fingerprint density at radius 2 is 1.65 bits per heavy atom. The summed E-state index contributed by atoms with van der Waals surface area (Å²) < 4.78 is 19.0. The maximum Gasteiger partial charge on any atom is 0.254 e. The number of carbonyl (C=O) groups is 2. The van der Waals surface area contributed by atoms with Crippen molar-refractivity contribution in [2.24, 2.45) is 10.9 Å². The van der Waals surface area contributed by atoms with Crippen molar-refractivity contribution >= 4 is 23.0 Å². The number of hydrogen-bond acceptors (Lipinski definition) is 7. The molecular weight excluding hydrogens is 582 g/mol. The van der Waals surface area contributed by atoms with Crippen molar-refractivity contribution < 1.29 is 23.8 Å². The molecule has 0 spiro atoms. The van der Waals surface area contributed by atoms with Gasteiger partial charge in [0.1, 0.15) is 0 Å². The molecule has 3 aromatic rings. The number of amides is 2. The van der Waals surface area contributed by atoms with Gasteiger partial charge in [0, 0.05) is 66.0 Å². The van der Waals surface area contributed by atoms with Crippen molar-refractivity contribution in [1.82, 2.24) is 19.5 Å². The number of aliphatic imine (C=N–C) groups is 1. The van der Waals surface area contributed by atoms with E-state index in [2.05, 4.69) is 57.8 Å². The number of piperidine rings is 1. The molecule has 2 aromatic heterocycles. The second kappa shape index (κ2) is 13.7. The molecule has 0 saturated carbocycles. The Labute approximate surface area is 272 Å². The van der Waals surface area contributed by atoms with Crippen LogP contribution in [0.3, 0.4) is 0 Å². The van der Waals surface area contributed by atoms with Gasteiger partial charge in [-0.05, 0) is 96.1 Å². The van der Waals surface area contributed by atoms with E-state index in [4.69, 9.17) is 14.2 Å². The molecule has 0 radical (unpaired) electrons. The Morgan fingerprint density at radius 3 is 2.22 bits per heavy atom. The predicted molar refractivity (Wildman–Crippen MR) is 182 cm³/mol. The minimum absolute atomic E-state index is 0.0564. The van der Waals surface area contributed by atoms with Crippen molar-refractivity contribution in [3.05, 3.63) is 58.9 Å². The summed E-state index contributed by atoms with van der Waals surface area (Å²) in [6, 6.07) is 8.52. The summed E-state index contributed by atoms with van der Waals surface area (Å²) in [7, 11) is 9.10. The van der Waals surface area contributed by atoms with Crippen LogP contribution in [0.5, 0.6) is 17.2 Å². The number of methoxy groups -OCH3 is 3. The number of likely N-dealkylation sites (tertiary alicyclic amines) is 1. The number of rotatable bonds is 10. The lowest BCUT2D eigenvalue weighted by Crippen LogP contribution is -2.43. The summed E-state index contributed by atoms with van der Waals surface area (Å²) >= 11 is 0. The van der Waals surface area contributed by atoms with Gasteiger partial charge >= 0.3 is 0 Å². The van der Waals surface area contributed by atoms with Crippen LogP contribution in [0.25, 0.3) is 16.6 Å². The largest absolute Gasteiger partial charge is 0.493 e. The van der Waals surface area contributed by atoms with E-state index in [1.165, 1.54) is 0 Å². The molecule has 4 heterocycles. The van der Waals surface area contributed by atoms with E-state index in [9.17, 15) is 9.59 Å². The van der Waals surface area contributed by atoms with Gasteiger partial charge in [-0.15, -0.1) is 0 Å². The van der Waals surface area contributed by atoms with Crippen molar-refractivity contribution in [2.45, 2.75) is 52.6 Å². The summed E-state index contributed by atoms with van der Waals surface area (Å²) in [6.07, 6.45) is 6.21. The lowest BCUT2D eigenvalue weighted by atomic mass is 9.95. The molecule has 1 aromatic carbocycles. The summed E-state index contributed by atoms with van der Waals surface area (Å²) in [5.74, 6) is 0.783. The Balaban J connectivity index is 1.56. The number of carbonyl (C=O) groups excluding carboxylic acids is 2. The summed E-state index contributed by atoms with van der Waals surface area (Å²) in [4.78, 5) is 35.4. The highest BCUT2D eigenvalue weighted by Gasteiger charge is 2.30. The average molecular weight is 630 g/mol. The minimum Gasteiger partial charge on any atom is -0.493 e. The van der Waals surface area contributed by atoms with Gasteiger partial charge in [-0.2, -0.15) is 0 Å². The topological polar surface area (TPSA) is 97.1 Å². The quantitative estimate of drug-likeness (QED) is 0.324. The van der Waals surface area contributed by atoms with Crippen LogP contribution in [0.2, 0.25) is 0 Å². The second-order valence-corrected chi connectivity index (χ2v) is 12.7. The van der Waals surface area contributed by atoms with Crippen LogP contribution >= 0.6 is 0 Å². The fraction of sp³-hybridized carbons (Fsp3) is 0.472. The molecular formula is C36H47N5O5. The van der Waals surface area contributed by atoms with Crippen LogP contribution in [-0.2, 0) is 4.79 Å². The van der Waals surface area contributed by atoms with Gasteiger partial charge in [0.25, 0.3) is 11.8 Å². The number of nitrogens with zero attached hydrogens (tertiary/aromatic N) is 4. The fourth-order valence-electron chi connectivity index (χ4n) is 6.94. The van der Waals surface area contributed by atoms with Crippen molar-refractivity contribution in [2.75, 3.05) is 55.1 Å². The SMILES string of the molecule is COc1cc(-c2cc3cc(C(=O)NCC4C(=O)N=C(C)C=C4C)c(C)c(C(C)N4CCC(N(C)C)CC4)n3c2)cc(OC)c1OC. The lowest BCUT2D eigenvalue weighted by molar-refractivity contribution is -0.120. The van der Waals surface area contributed by atoms with Crippen molar-refractivity contribution in [3.8, 4) is 28.4 Å². The molecule has 1 saturated heterocycles. The van der Waals surface area contributed by atoms with Gasteiger partial charge in [-0.1, -0.05) is 5.57 Å². The zero-order chi connectivity index (χ0) is 33.3. The summed E-state index contributed by atoms with van der Waals surface area (Å²) in [6.45, 7) is 10.1. The summed E-state index contributed by atoms with van der Waals surface area (Å²) in [5.41, 5.74) is 6.92. The van der Waals surface area contributed by atoms with E-state index in [0.29, 0.717) is 34.6 Å². The highest BCUT2D eigenvalue weighted by atomic mass is 16.5. The molecule has 46 heavy (non-hydrogen) atoms. The predicted octanol–water partition coefficient (Wildman–Crippen LogP) is 5.32. The van der Waals surface area contributed by atoms with E-state index in [1.54, 1.807) is 21.3 Å². The van der Waals surface area contributed by atoms with Crippen LogP contribution in [0.1, 0.15) is 61.3 Å². The molecule has 0 bridgehead atoms. The molecule has 5 rings (SSSR count). The van der Waals surface area contributed by atoms with Gasteiger partial charge in [-0.3, -0.25) is 14.5 Å². The van der Waals surface area contributed by atoms with E-state index in [-0.39, 0.29) is 24.4 Å². The standard InChI is InChI=1S/C36H47N5O5/c1-21-14-22(2)38-36(43)30(21)19-37-35(42)29-18-28-15-26(25-16-31(44-7)34(46-9)32(17-25)45-8)20-41(28)33(23(29)3)24(4)40-12-10-27(11-13-40)39(5)6/h14-18,20,24,27,30H,10-13,19H2,1-9H3,(H,37,42). The second-order valence-electron chi connectivity index (χ2n) is 12.7. The van der Waals surface area contributed by atoms with Crippen LogP contribution < -0.4 is 19.5 Å². The van der Waals surface area contributed by atoms with Gasteiger partial charge in [0.15, 0.2) is 11.5 Å². The fourth-order valence-corrected chi connectivity index (χ4v) is 6.94. The first-order valence-electron chi connectivity index (χ1n) is 15.9. The molecule has 10 nitrogen and oxygen atoms in total. The third-order valence-corrected chi connectivity index (χ3v) is 9.64. The molecule has 2 aliphatic rings. The molecule has 1 fully saturated rings. The smallest absolute Gasteiger partial charge is 0.254 e. The third-order valence-electron chi connectivity index (χ3n) is 9.64. The normalized spacial score (nSPS) is 18.4.